The highest BCUT2D eigenvalue weighted by Gasteiger charge is 2.02. The Labute approximate surface area is 117 Å². The average Bonchev–Trinajstić information content (AvgIpc) is 2.36. The molecular formula is C14H20BrNO2. The molecule has 0 heterocycles. The SMILES string of the molecule is COC/C(=C/c1ccc(OC)c(Br)c1)CCCN. The molecule has 0 spiro atoms. The Morgan fingerprint density at radius 2 is 2.17 bits per heavy atom. The molecule has 0 amide bonds. The zero-order valence-electron chi connectivity index (χ0n) is 10.9. The number of nitrogens with two attached hydrogens (primary N) is 1. The van der Waals surface area contributed by atoms with Crippen LogP contribution in [-0.2, 0) is 4.74 Å². The summed E-state index contributed by atoms with van der Waals surface area (Å²) in [6.45, 7) is 1.34. The van der Waals surface area contributed by atoms with E-state index in [1.54, 1.807) is 14.2 Å². The Balaban J connectivity index is 2.85. The largest absolute Gasteiger partial charge is 0.496 e. The van der Waals surface area contributed by atoms with Crippen molar-refractivity contribution in [2.24, 2.45) is 5.73 Å². The topological polar surface area (TPSA) is 44.5 Å². The lowest BCUT2D eigenvalue weighted by atomic mass is 10.1. The molecule has 1 aromatic carbocycles. The molecule has 4 heteroatoms. The van der Waals surface area contributed by atoms with Gasteiger partial charge in [-0.15, -0.1) is 0 Å². The second-order valence-corrected chi connectivity index (χ2v) is 4.88. The normalized spacial score (nSPS) is 11.7. The molecule has 0 aliphatic heterocycles. The van der Waals surface area contributed by atoms with E-state index in [4.69, 9.17) is 15.2 Å². The molecule has 18 heavy (non-hydrogen) atoms. The predicted octanol–water partition coefficient (Wildman–Crippen LogP) is 3.23. The van der Waals surface area contributed by atoms with Crippen LogP contribution in [0.15, 0.2) is 28.2 Å². The van der Waals surface area contributed by atoms with E-state index in [2.05, 4.69) is 22.0 Å². The van der Waals surface area contributed by atoms with Crippen molar-refractivity contribution < 1.29 is 9.47 Å². The van der Waals surface area contributed by atoms with E-state index in [0.29, 0.717) is 13.2 Å². The number of halogens is 1. The molecule has 3 nitrogen and oxygen atoms in total. The van der Waals surface area contributed by atoms with Gasteiger partial charge in [-0.1, -0.05) is 12.1 Å². The van der Waals surface area contributed by atoms with Crippen molar-refractivity contribution >= 4 is 22.0 Å². The lowest BCUT2D eigenvalue weighted by Crippen LogP contribution is -2.01. The summed E-state index contributed by atoms with van der Waals surface area (Å²) in [6, 6.07) is 6.02. The van der Waals surface area contributed by atoms with Crippen LogP contribution in [0.3, 0.4) is 0 Å². The fourth-order valence-corrected chi connectivity index (χ4v) is 2.27. The van der Waals surface area contributed by atoms with Gasteiger partial charge in [0.05, 0.1) is 18.2 Å². The zero-order valence-corrected chi connectivity index (χ0v) is 12.5. The van der Waals surface area contributed by atoms with E-state index in [9.17, 15) is 0 Å². The maximum Gasteiger partial charge on any atom is 0.133 e. The minimum Gasteiger partial charge on any atom is -0.496 e. The quantitative estimate of drug-likeness (QED) is 0.840. The smallest absolute Gasteiger partial charge is 0.133 e. The number of hydrogen-bond acceptors (Lipinski definition) is 3. The Hall–Kier alpha value is -0.840. The second-order valence-electron chi connectivity index (χ2n) is 4.02. The van der Waals surface area contributed by atoms with Gasteiger partial charge in [-0.05, 0) is 58.6 Å². The third-order valence-electron chi connectivity index (χ3n) is 2.58. The molecule has 0 bridgehead atoms. The maximum atomic E-state index is 5.54. The van der Waals surface area contributed by atoms with Crippen LogP contribution < -0.4 is 10.5 Å². The summed E-state index contributed by atoms with van der Waals surface area (Å²) in [4.78, 5) is 0. The van der Waals surface area contributed by atoms with E-state index in [1.807, 2.05) is 18.2 Å². The summed E-state index contributed by atoms with van der Waals surface area (Å²) in [7, 11) is 3.37. The minimum atomic E-state index is 0.643. The van der Waals surface area contributed by atoms with Gasteiger partial charge in [0.25, 0.3) is 0 Å². The van der Waals surface area contributed by atoms with Gasteiger partial charge < -0.3 is 15.2 Å². The third kappa shape index (κ3) is 4.80. The maximum absolute atomic E-state index is 5.54. The third-order valence-corrected chi connectivity index (χ3v) is 3.20. The Bertz CT molecular complexity index is 405. The highest BCUT2D eigenvalue weighted by atomic mass is 79.9. The molecule has 0 aromatic heterocycles. The molecular weight excluding hydrogens is 294 g/mol. The number of hydrogen-bond donors (Lipinski definition) is 1. The van der Waals surface area contributed by atoms with E-state index in [1.165, 1.54) is 5.57 Å². The molecule has 1 aromatic rings. The molecule has 0 saturated carbocycles. The number of methoxy groups -OCH3 is 2. The first-order valence-corrected chi connectivity index (χ1v) is 6.72. The molecule has 0 aliphatic carbocycles. The standard InChI is InChI=1S/C14H20BrNO2/c1-17-10-12(4-3-7-16)8-11-5-6-14(18-2)13(15)9-11/h5-6,8-9H,3-4,7,10,16H2,1-2H3/b12-8+. The van der Waals surface area contributed by atoms with Crippen LogP contribution in [0.25, 0.3) is 6.08 Å². The van der Waals surface area contributed by atoms with Crippen LogP contribution in [-0.4, -0.2) is 27.4 Å². The van der Waals surface area contributed by atoms with Crippen LogP contribution in [0.2, 0.25) is 0 Å². The first-order chi connectivity index (χ1) is 8.71. The summed E-state index contributed by atoms with van der Waals surface area (Å²) in [6.07, 6.45) is 4.09. The van der Waals surface area contributed by atoms with Crippen molar-refractivity contribution in [2.75, 3.05) is 27.4 Å². The molecule has 1 rings (SSSR count). The van der Waals surface area contributed by atoms with E-state index in [0.717, 1.165) is 28.6 Å². The summed E-state index contributed by atoms with van der Waals surface area (Å²) in [5.41, 5.74) is 7.92. The van der Waals surface area contributed by atoms with Gasteiger partial charge in [-0.25, -0.2) is 0 Å². The average molecular weight is 314 g/mol. The monoisotopic (exact) mass is 313 g/mol. The van der Waals surface area contributed by atoms with Gasteiger partial charge in [0, 0.05) is 7.11 Å². The second kappa shape index (κ2) is 8.29. The molecule has 2 N–H and O–H groups in total. The van der Waals surface area contributed by atoms with E-state index >= 15 is 0 Å². The van der Waals surface area contributed by atoms with Gasteiger partial charge in [0.15, 0.2) is 0 Å². The molecule has 100 valence electrons. The van der Waals surface area contributed by atoms with Crippen LogP contribution in [0.1, 0.15) is 18.4 Å². The number of rotatable bonds is 7. The van der Waals surface area contributed by atoms with Crippen LogP contribution >= 0.6 is 15.9 Å². The molecule has 0 radical (unpaired) electrons. The van der Waals surface area contributed by atoms with Gasteiger partial charge in [-0.3, -0.25) is 0 Å². The van der Waals surface area contributed by atoms with Crippen molar-refractivity contribution in [3.8, 4) is 5.75 Å². The minimum absolute atomic E-state index is 0.643. The van der Waals surface area contributed by atoms with Crippen LogP contribution in [0, 0.1) is 0 Å². The fourth-order valence-electron chi connectivity index (χ4n) is 1.71. The molecule has 0 atom stereocenters. The van der Waals surface area contributed by atoms with Crippen LogP contribution in [0.5, 0.6) is 5.75 Å². The fraction of sp³-hybridized carbons (Fsp3) is 0.429. The van der Waals surface area contributed by atoms with Crippen molar-refractivity contribution in [1.82, 2.24) is 0 Å². The van der Waals surface area contributed by atoms with Crippen molar-refractivity contribution in [3.05, 3.63) is 33.8 Å². The summed E-state index contributed by atoms with van der Waals surface area (Å²) < 4.78 is 11.4. The predicted molar refractivity (Wildman–Crippen MR) is 78.8 cm³/mol. The van der Waals surface area contributed by atoms with Crippen LogP contribution in [0.4, 0.5) is 0 Å². The molecule has 0 aliphatic rings. The Morgan fingerprint density at radius 1 is 1.39 bits per heavy atom. The van der Waals surface area contributed by atoms with Gasteiger partial charge in [0.1, 0.15) is 5.75 Å². The lowest BCUT2D eigenvalue weighted by molar-refractivity contribution is 0.223. The van der Waals surface area contributed by atoms with E-state index < -0.39 is 0 Å². The summed E-state index contributed by atoms with van der Waals surface area (Å²) >= 11 is 3.48. The highest BCUT2D eigenvalue weighted by molar-refractivity contribution is 9.10. The number of benzene rings is 1. The molecule has 0 fully saturated rings. The van der Waals surface area contributed by atoms with Crippen molar-refractivity contribution in [3.63, 3.8) is 0 Å². The highest BCUT2D eigenvalue weighted by Crippen LogP contribution is 2.26. The molecule has 0 unspecified atom stereocenters. The van der Waals surface area contributed by atoms with Gasteiger partial charge in [0.2, 0.25) is 0 Å². The zero-order chi connectivity index (χ0) is 13.4. The van der Waals surface area contributed by atoms with Crippen molar-refractivity contribution in [2.45, 2.75) is 12.8 Å². The number of ether oxygens (including phenoxy) is 2. The van der Waals surface area contributed by atoms with Gasteiger partial charge >= 0.3 is 0 Å². The Morgan fingerprint density at radius 3 is 2.72 bits per heavy atom. The van der Waals surface area contributed by atoms with E-state index in [-0.39, 0.29) is 0 Å². The molecule has 0 saturated heterocycles. The lowest BCUT2D eigenvalue weighted by Gasteiger charge is -2.07. The van der Waals surface area contributed by atoms with Crippen molar-refractivity contribution in [1.29, 1.82) is 0 Å². The van der Waals surface area contributed by atoms with Gasteiger partial charge in [-0.2, -0.15) is 0 Å². The first kappa shape index (κ1) is 15.2. The summed E-state index contributed by atoms with van der Waals surface area (Å²) in [5.74, 6) is 0.836. The Kier molecular flexibility index (Phi) is 7.01. The first-order valence-electron chi connectivity index (χ1n) is 5.93. The summed E-state index contributed by atoms with van der Waals surface area (Å²) in [5, 5.41) is 0.